The predicted octanol–water partition coefficient (Wildman–Crippen LogP) is 4.43. The molecule has 2 rings (SSSR count). The van der Waals surface area contributed by atoms with E-state index in [1.54, 1.807) is 0 Å². The molecular weight excluding hydrogens is 288 g/mol. The van der Waals surface area contributed by atoms with Crippen LogP contribution in [-0.4, -0.2) is 0 Å². The third kappa shape index (κ3) is 2.68. The van der Waals surface area contributed by atoms with E-state index >= 15 is 0 Å². The second-order valence-electron chi connectivity index (χ2n) is 3.37. The van der Waals surface area contributed by atoms with Crippen LogP contribution in [0.5, 0.6) is 0 Å². The standard InChI is InChI=1S/C12H10BrClN2/c13-11-7-9(15)3-6-12(11)16-10-4-1-8(14)2-5-10/h1-7,16H,15H2. The molecule has 0 aliphatic carbocycles. The van der Waals surface area contributed by atoms with Gasteiger partial charge in [-0.2, -0.15) is 0 Å². The highest BCUT2D eigenvalue weighted by molar-refractivity contribution is 9.10. The van der Waals surface area contributed by atoms with Crippen LogP contribution in [0.4, 0.5) is 17.1 Å². The Morgan fingerprint density at radius 3 is 2.38 bits per heavy atom. The molecule has 2 aromatic rings. The molecule has 0 unspecified atom stereocenters. The molecular formula is C12H10BrClN2. The minimum absolute atomic E-state index is 0.724. The molecule has 16 heavy (non-hydrogen) atoms. The van der Waals surface area contributed by atoms with Gasteiger partial charge in [0.25, 0.3) is 0 Å². The van der Waals surface area contributed by atoms with Crippen molar-refractivity contribution < 1.29 is 0 Å². The van der Waals surface area contributed by atoms with Crippen LogP contribution in [-0.2, 0) is 0 Å². The Bertz CT molecular complexity index is 497. The Kier molecular flexibility index (Phi) is 3.36. The van der Waals surface area contributed by atoms with E-state index in [0.717, 1.165) is 26.6 Å². The second kappa shape index (κ2) is 4.76. The van der Waals surface area contributed by atoms with Crippen LogP contribution < -0.4 is 11.1 Å². The number of rotatable bonds is 2. The normalized spacial score (nSPS) is 10.1. The van der Waals surface area contributed by atoms with E-state index in [9.17, 15) is 0 Å². The van der Waals surface area contributed by atoms with Crippen molar-refractivity contribution in [1.29, 1.82) is 0 Å². The maximum atomic E-state index is 5.81. The summed E-state index contributed by atoms with van der Waals surface area (Å²) in [5.41, 5.74) is 8.35. The molecule has 0 aliphatic rings. The van der Waals surface area contributed by atoms with Crippen LogP contribution in [0.25, 0.3) is 0 Å². The molecule has 2 nitrogen and oxygen atoms in total. The van der Waals surface area contributed by atoms with Crippen molar-refractivity contribution in [3.63, 3.8) is 0 Å². The topological polar surface area (TPSA) is 38.0 Å². The number of hydrogen-bond donors (Lipinski definition) is 2. The first-order valence-electron chi connectivity index (χ1n) is 4.73. The van der Waals surface area contributed by atoms with Crippen LogP contribution in [0, 0.1) is 0 Å². The highest BCUT2D eigenvalue weighted by Crippen LogP contribution is 2.28. The smallest absolute Gasteiger partial charge is 0.0530 e. The second-order valence-corrected chi connectivity index (χ2v) is 4.66. The average molecular weight is 298 g/mol. The molecule has 0 saturated heterocycles. The summed E-state index contributed by atoms with van der Waals surface area (Å²) in [7, 11) is 0. The fourth-order valence-electron chi connectivity index (χ4n) is 1.32. The molecule has 0 heterocycles. The molecule has 0 atom stereocenters. The van der Waals surface area contributed by atoms with E-state index < -0.39 is 0 Å². The largest absolute Gasteiger partial charge is 0.399 e. The van der Waals surface area contributed by atoms with Crippen LogP contribution in [0.3, 0.4) is 0 Å². The number of nitrogens with one attached hydrogen (secondary N) is 1. The zero-order valence-corrected chi connectivity index (χ0v) is 10.7. The lowest BCUT2D eigenvalue weighted by atomic mass is 10.2. The fourth-order valence-corrected chi connectivity index (χ4v) is 1.94. The van der Waals surface area contributed by atoms with Gasteiger partial charge in [0.05, 0.1) is 5.69 Å². The highest BCUT2D eigenvalue weighted by atomic mass is 79.9. The number of nitrogen functional groups attached to an aromatic ring is 1. The number of anilines is 3. The zero-order valence-electron chi connectivity index (χ0n) is 8.37. The molecule has 0 saturated carbocycles. The SMILES string of the molecule is Nc1ccc(Nc2ccc(Cl)cc2)c(Br)c1. The van der Waals surface area contributed by atoms with E-state index in [2.05, 4.69) is 21.2 Å². The van der Waals surface area contributed by atoms with Gasteiger partial charge in [-0.05, 0) is 58.4 Å². The number of halogens is 2. The summed E-state index contributed by atoms with van der Waals surface area (Å²) < 4.78 is 0.933. The van der Waals surface area contributed by atoms with Crippen molar-refractivity contribution in [2.45, 2.75) is 0 Å². The molecule has 2 aromatic carbocycles. The molecule has 82 valence electrons. The van der Waals surface area contributed by atoms with E-state index in [0.29, 0.717) is 0 Å². The Labute approximate surface area is 108 Å². The van der Waals surface area contributed by atoms with Gasteiger partial charge in [0, 0.05) is 20.9 Å². The van der Waals surface area contributed by atoms with Crippen molar-refractivity contribution in [2.24, 2.45) is 0 Å². The van der Waals surface area contributed by atoms with Crippen molar-refractivity contribution in [3.8, 4) is 0 Å². The summed E-state index contributed by atoms with van der Waals surface area (Å²) >= 11 is 9.26. The predicted molar refractivity (Wildman–Crippen MR) is 73.3 cm³/mol. The van der Waals surface area contributed by atoms with E-state index in [4.69, 9.17) is 17.3 Å². The first-order valence-corrected chi connectivity index (χ1v) is 5.90. The van der Waals surface area contributed by atoms with Crippen molar-refractivity contribution in [3.05, 3.63) is 52.0 Å². The van der Waals surface area contributed by atoms with Gasteiger partial charge in [-0.25, -0.2) is 0 Å². The van der Waals surface area contributed by atoms with Crippen LogP contribution in [0.15, 0.2) is 46.9 Å². The molecule has 0 bridgehead atoms. The Morgan fingerprint density at radius 2 is 1.75 bits per heavy atom. The quantitative estimate of drug-likeness (QED) is 0.805. The lowest BCUT2D eigenvalue weighted by molar-refractivity contribution is 1.52. The maximum Gasteiger partial charge on any atom is 0.0530 e. The van der Waals surface area contributed by atoms with E-state index in [1.165, 1.54) is 0 Å². The molecule has 0 aromatic heterocycles. The number of hydrogen-bond acceptors (Lipinski definition) is 2. The fraction of sp³-hybridized carbons (Fsp3) is 0. The third-order valence-corrected chi connectivity index (χ3v) is 3.02. The minimum atomic E-state index is 0.724. The minimum Gasteiger partial charge on any atom is -0.399 e. The van der Waals surface area contributed by atoms with Crippen molar-refractivity contribution in [1.82, 2.24) is 0 Å². The van der Waals surface area contributed by atoms with Gasteiger partial charge in [-0.1, -0.05) is 11.6 Å². The summed E-state index contributed by atoms with van der Waals surface area (Å²) in [6.45, 7) is 0. The summed E-state index contributed by atoms with van der Waals surface area (Å²) in [5, 5.41) is 3.99. The maximum absolute atomic E-state index is 5.81. The molecule has 0 aliphatic heterocycles. The van der Waals surface area contributed by atoms with E-state index in [1.807, 2.05) is 42.5 Å². The van der Waals surface area contributed by atoms with Gasteiger partial charge in [0.15, 0.2) is 0 Å². The first-order chi connectivity index (χ1) is 7.65. The highest BCUT2D eigenvalue weighted by Gasteiger charge is 2.00. The van der Waals surface area contributed by atoms with Gasteiger partial charge in [-0.3, -0.25) is 0 Å². The number of benzene rings is 2. The number of nitrogens with two attached hydrogens (primary N) is 1. The summed E-state index contributed by atoms with van der Waals surface area (Å²) in [4.78, 5) is 0. The van der Waals surface area contributed by atoms with Gasteiger partial charge >= 0.3 is 0 Å². The summed E-state index contributed by atoms with van der Waals surface area (Å²) in [6, 6.07) is 13.2. The van der Waals surface area contributed by atoms with Gasteiger partial charge < -0.3 is 11.1 Å². The third-order valence-electron chi connectivity index (χ3n) is 2.12. The lowest BCUT2D eigenvalue weighted by Crippen LogP contribution is -1.92. The average Bonchev–Trinajstić information content (AvgIpc) is 2.25. The van der Waals surface area contributed by atoms with Crippen molar-refractivity contribution >= 4 is 44.6 Å². The van der Waals surface area contributed by atoms with E-state index in [-0.39, 0.29) is 0 Å². The van der Waals surface area contributed by atoms with Crippen LogP contribution >= 0.6 is 27.5 Å². The molecule has 0 amide bonds. The van der Waals surface area contributed by atoms with Gasteiger partial charge in [-0.15, -0.1) is 0 Å². The molecule has 0 fully saturated rings. The lowest BCUT2D eigenvalue weighted by Gasteiger charge is -2.09. The molecule has 4 heteroatoms. The molecule has 0 radical (unpaired) electrons. The monoisotopic (exact) mass is 296 g/mol. The summed E-state index contributed by atoms with van der Waals surface area (Å²) in [6.07, 6.45) is 0. The first kappa shape index (κ1) is 11.3. The Hall–Kier alpha value is -1.19. The van der Waals surface area contributed by atoms with Crippen molar-refractivity contribution in [2.75, 3.05) is 11.1 Å². The van der Waals surface area contributed by atoms with Gasteiger partial charge in [0.2, 0.25) is 0 Å². The zero-order chi connectivity index (χ0) is 11.5. The van der Waals surface area contributed by atoms with Crippen LogP contribution in [0.1, 0.15) is 0 Å². The Balaban J connectivity index is 2.23. The summed E-state index contributed by atoms with van der Waals surface area (Å²) in [5.74, 6) is 0. The molecule has 0 spiro atoms. The Morgan fingerprint density at radius 1 is 1.06 bits per heavy atom. The van der Waals surface area contributed by atoms with Crippen LogP contribution in [0.2, 0.25) is 5.02 Å². The van der Waals surface area contributed by atoms with Gasteiger partial charge in [0.1, 0.15) is 0 Å². The molecule has 3 N–H and O–H groups in total.